The summed E-state index contributed by atoms with van der Waals surface area (Å²) in [6.45, 7) is 6.30. The number of hydrogen-bond donors (Lipinski definition) is 0. The zero-order valence-electron chi connectivity index (χ0n) is 13.7. The highest BCUT2D eigenvalue weighted by Crippen LogP contribution is 2.35. The number of benzene rings is 1. The minimum atomic E-state index is -0.358. The van der Waals surface area contributed by atoms with Crippen LogP contribution in [0.2, 0.25) is 0 Å². The largest absolute Gasteiger partial charge is 0.491 e. The maximum Gasteiger partial charge on any atom is 0.229 e. The van der Waals surface area contributed by atoms with Crippen LogP contribution in [-0.4, -0.2) is 36.7 Å². The van der Waals surface area contributed by atoms with Gasteiger partial charge in [0, 0.05) is 25.3 Å². The number of fused-ring (bicyclic) bond motifs is 1. The van der Waals surface area contributed by atoms with Crippen LogP contribution in [0, 0.1) is 16.7 Å². The minimum absolute atomic E-state index is 0.0000978. The van der Waals surface area contributed by atoms with Gasteiger partial charge in [-0.3, -0.25) is 4.79 Å². The molecule has 23 heavy (non-hydrogen) atoms. The Hall–Kier alpha value is -2.06. The summed E-state index contributed by atoms with van der Waals surface area (Å²) in [5, 5.41) is 9.02. The third-order valence-electron chi connectivity index (χ3n) is 4.92. The first-order valence-corrected chi connectivity index (χ1v) is 8.08. The van der Waals surface area contributed by atoms with Crippen LogP contribution >= 0.6 is 0 Å². The highest BCUT2D eigenvalue weighted by Gasteiger charge is 2.40. The van der Waals surface area contributed by atoms with Gasteiger partial charge in [0.1, 0.15) is 12.4 Å². The molecule has 1 aromatic carbocycles. The lowest BCUT2D eigenvalue weighted by atomic mass is 9.80. The molecule has 1 amide bonds. The molecule has 0 unspecified atom stereocenters. The third-order valence-corrected chi connectivity index (χ3v) is 4.92. The van der Waals surface area contributed by atoms with Crippen molar-refractivity contribution in [3.63, 3.8) is 0 Å². The Morgan fingerprint density at radius 2 is 2.13 bits per heavy atom. The van der Waals surface area contributed by atoms with E-state index in [0.29, 0.717) is 37.7 Å². The molecular weight excluding hydrogens is 292 g/mol. The lowest BCUT2D eigenvalue weighted by Crippen LogP contribution is -2.49. The molecule has 122 valence electrons. The molecule has 0 aliphatic carbocycles. The number of hydrogen-bond acceptors (Lipinski definition) is 4. The SMILES string of the molecule is C[C@H]1COc2cc(C#N)ccc2CN1C(=O)C1(C)CCOCC1. The second-order valence-electron chi connectivity index (χ2n) is 6.70. The Labute approximate surface area is 136 Å². The van der Waals surface area contributed by atoms with Gasteiger partial charge < -0.3 is 14.4 Å². The summed E-state index contributed by atoms with van der Waals surface area (Å²) in [4.78, 5) is 15.1. The fourth-order valence-corrected chi connectivity index (χ4v) is 3.18. The van der Waals surface area contributed by atoms with Crippen molar-refractivity contribution in [3.05, 3.63) is 29.3 Å². The smallest absolute Gasteiger partial charge is 0.229 e. The van der Waals surface area contributed by atoms with Crippen LogP contribution in [0.15, 0.2) is 18.2 Å². The first-order chi connectivity index (χ1) is 11.0. The van der Waals surface area contributed by atoms with E-state index in [4.69, 9.17) is 14.7 Å². The number of carbonyl (C=O) groups is 1. The maximum absolute atomic E-state index is 13.1. The predicted octanol–water partition coefficient (Wildman–Crippen LogP) is 2.48. The molecule has 0 bridgehead atoms. The van der Waals surface area contributed by atoms with Gasteiger partial charge in [0.2, 0.25) is 5.91 Å². The van der Waals surface area contributed by atoms with Crippen LogP contribution in [0.4, 0.5) is 0 Å². The zero-order valence-corrected chi connectivity index (χ0v) is 13.7. The fraction of sp³-hybridized carbons (Fsp3) is 0.556. The van der Waals surface area contributed by atoms with E-state index in [1.54, 1.807) is 12.1 Å². The van der Waals surface area contributed by atoms with Crippen LogP contribution < -0.4 is 4.74 Å². The number of nitriles is 1. The summed E-state index contributed by atoms with van der Waals surface area (Å²) >= 11 is 0. The van der Waals surface area contributed by atoms with Gasteiger partial charge >= 0.3 is 0 Å². The molecule has 5 heteroatoms. The fourth-order valence-electron chi connectivity index (χ4n) is 3.18. The highest BCUT2D eigenvalue weighted by atomic mass is 16.5. The second-order valence-corrected chi connectivity index (χ2v) is 6.70. The summed E-state index contributed by atoms with van der Waals surface area (Å²) in [6, 6.07) is 7.54. The third kappa shape index (κ3) is 3.04. The Bertz CT molecular complexity index is 644. The van der Waals surface area contributed by atoms with E-state index < -0.39 is 0 Å². The van der Waals surface area contributed by atoms with Gasteiger partial charge in [-0.2, -0.15) is 5.26 Å². The normalized spacial score (nSPS) is 23.2. The van der Waals surface area contributed by atoms with E-state index in [1.165, 1.54) is 0 Å². The first kappa shape index (κ1) is 15.8. The summed E-state index contributed by atoms with van der Waals surface area (Å²) in [7, 11) is 0. The van der Waals surface area contributed by atoms with Crippen molar-refractivity contribution in [1.82, 2.24) is 4.90 Å². The Morgan fingerprint density at radius 1 is 1.39 bits per heavy atom. The second kappa shape index (κ2) is 6.21. The van der Waals surface area contributed by atoms with Gasteiger partial charge in [0.25, 0.3) is 0 Å². The highest BCUT2D eigenvalue weighted by molar-refractivity contribution is 5.83. The molecule has 2 heterocycles. The van der Waals surface area contributed by atoms with Crippen LogP contribution in [0.1, 0.15) is 37.8 Å². The first-order valence-electron chi connectivity index (χ1n) is 8.08. The van der Waals surface area contributed by atoms with E-state index in [2.05, 4.69) is 6.07 Å². The molecule has 3 rings (SSSR count). The molecule has 2 aliphatic rings. The molecule has 0 radical (unpaired) electrons. The van der Waals surface area contributed by atoms with Crippen molar-refractivity contribution in [3.8, 4) is 11.8 Å². The Morgan fingerprint density at radius 3 is 2.83 bits per heavy atom. The Kier molecular flexibility index (Phi) is 4.27. The van der Waals surface area contributed by atoms with Crippen LogP contribution in [0.25, 0.3) is 0 Å². The van der Waals surface area contributed by atoms with Gasteiger partial charge in [-0.15, -0.1) is 0 Å². The average molecular weight is 314 g/mol. The zero-order chi connectivity index (χ0) is 16.4. The summed E-state index contributed by atoms with van der Waals surface area (Å²) in [5.74, 6) is 0.887. The van der Waals surface area contributed by atoms with Gasteiger partial charge in [0.15, 0.2) is 0 Å². The van der Waals surface area contributed by atoms with Gasteiger partial charge in [-0.25, -0.2) is 0 Å². The lowest BCUT2D eigenvalue weighted by molar-refractivity contribution is -0.149. The molecule has 5 nitrogen and oxygen atoms in total. The van der Waals surface area contributed by atoms with Crippen molar-refractivity contribution in [2.45, 2.75) is 39.3 Å². The van der Waals surface area contributed by atoms with E-state index >= 15 is 0 Å². The van der Waals surface area contributed by atoms with Crippen molar-refractivity contribution < 1.29 is 14.3 Å². The predicted molar refractivity (Wildman–Crippen MR) is 84.8 cm³/mol. The summed E-state index contributed by atoms with van der Waals surface area (Å²) in [5.41, 5.74) is 1.17. The quantitative estimate of drug-likeness (QED) is 0.799. The standard InChI is InChI=1S/C18H22N2O3/c1-13-12-23-16-9-14(10-19)3-4-15(16)11-20(13)17(21)18(2)5-7-22-8-6-18/h3-4,9,13H,5-8,11-12H2,1-2H3/t13-/m0/s1. The van der Waals surface area contributed by atoms with E-state index in [9.17, 15) is 4.79 Å². The molecule has 1 atom stereocenters. The number of carbonyl (C=O) groups excluding carboxylic acids is 1. The monoisotopic (exact) mass is 314 g/mol. The van der Waals surface area contributed by atoms with Crippen LogP contribution in [0.3, 0.4) is 0 Å². The molecule has 1 aromatic rings. The van der Waals surface area contributed by atoms with E-state index in [1.807, 2.05) is 24.8 Å². The molecule has 1 saturated heterocycles. The van der Waals surface area contributed by atoms with Crippen molar-refractivity contribution in [1.29, 1.82) is 5.26 Å². The summed E-state index contributed by atoms with van der Waals surface area (Å²) < 4.78 is 11.2. The van der Waals surface area contributed by atoms with Gasteiger partial charge in [0.05, 0.1) is 23.1 Å². The summed E-state index contributed by atoms with van der Waals surface area (Å²) in [6.07, 6.45) is 1.52. The molecule has 0 saturated carbocycles. The number of rotatable bonds is 1. The van der Waals surface area contributed by atoms with Gasteiger partial charge in [-0.05, 0) is 31.9 Å². The van der Waals surface area contributed by atoms with Gasteiger partial charge in [-0.1, -0.05) is 13.0 Å². The lowest BCUT2D eigenvalue weighted by Gasteiger charge is -2.38. The van der Waals surface area contributed by atoms with E-state index in [0.717, 1.165) is 18.4 Å². The van der Waals surface area contributed by atoms with Crippen LogP contribution in [-0.2, 0) is 16.1 Å². The van der Waals surface area contributed by atoms with Crippen molar-refractivity contribution >= 4 is 5.91 Å². The van der Waals surface area contributed by atoms with Crippen molar-refractivity contribution in [2.24, 2.45) is 5.41 Å². The molecule has 0 aromatic heterocycles. The van der Waals surface area contributed by atoms with Crippen LogP contribution in [0.5, 0.6) is 5.75 Å². The molecule has 1 fully saturated rings. The molecular formula is C18H22N2O3. The minimum Gasteiger partial charge on any atom is -0.491 e. The van der Waals surface area contributed by atoms with E-state index in [-0.39, 0.29) is 17.4 Å². The topological polar surface area (TPSA) is 62.6 Å². The molecule has 0 N–H and O–H groups in total. The number of ether oxygens (including phenoxy) is 2. The van der Waals surface area contributed by atoms with Crippen molar-refractivity contribution in [2.75, 3.05) is 19.8 Å². The Balaban J connectivity index is 1.86. The molecule has 2 aliphatic heterocycles. The number of amides is 1. The molecule has 0 spiro atoms. The maximum atomic E-state index is 13.1. The number of nitrogens with zero attached hydrogens (tertiary/aromatic N) is 2. The average Bonchev–Trinajstić information content (AvgIpc) is 2.73.